The second-order valence-corrected chi connectivity index (χ2v) is 18.7. The summed E-state index contributed by atoms with van der Waals surface area (Å²) in [5.41, 5.74) is 10.2. The van der Waals surface area contributed by atoms with E-state index in [9.17, 15) is 0 Å². The molecular weight excluding hydrogens is 659 g/mol. The van der Waals surface area contributed by atoms with Crippen LogP contribution in [-0.2, 0) is 0 Å². The van der Waals surface area contributed by atoms with Gasteiger partial charge < -0.3 is 0 Å². The molecule has 0 radical (unpaired) electrons. The molecule has 0 atom stereocenters. The lowest BCUT2D eigenvalue weighted by molar-refractivity contribution is 1.07. The maximum atomic E-state index is 5.25. The molecule has 1 aromatic heterocycles. The molecular formula is C49H35N3Si. The van der Waals surface area contributed by atoms with Crippen LogP contribution < -0.4 is 10.4 Å². The lowest BCUT2D eigenvalue weighted by Crippen LogP contribution is -2.49. The van der Waals surface area contributed by atoms with Gasteiger partial charge in [-0.1, -0.05) is 189 Å². The topological polar surface area (TPSA) is 38.7 Å². The van der Waals surface area contributed by atoms with Gasteiger partial charge in [0.2, 0.25) is 0 Å². The second-order valence-electron chi connectivity index (χ2n) is 14.4. The van der Waals surface area contributed by atoms with Gasteiger partial charge in [0.1, 0.15) is 8.07 Å². The van der Waals surface area contributed by atoms with E-state index in [1.54, 1.807) is 0 Å². The maximum Gasteiger partial charge on any atom is 0.164 e. The van der Waals surface area contributed by atoms with Gasteiger partial charge in [0.15, 0.2) is 17.5 Å². The fourth-order valence-electron chi connectivity index (χ4n) is 8.32. The van der Waals surface area contributed by atoms with Crippen molar-refractivity contribution in [2.45, 2.75) is 13.1 Å². The van der Waals surface area contributed by atoms with Crippen LogP contribution in [0.4, 0.5) is 0 Å². The number of aromatic nitrogens is 3. The summed E-state index contributed by atoms with van der Waals surface area (Å²) < 4.78 is 0. The first-order valence-corrected chi connectivity index (χ1v) is 21.2. The minimum absolute atomic E-state index is 0.656. The Labute approximate surface area is 310 Å². The summed E-state index contributed by atoms with van der Waals surface area (Å²) in [4.78, 5) is 15.7. The largest absolute Gasteiger partial charge is 0.208 e. The predicted molar refractivity (Wildman–Crippen MR) is 224 cm³/mol. The van der Waals surface area contributed by atoms with Gasteiger partial charge in [0, 0.05) is 16.7 Å². The van der Waals surface area contributed by atoms with Crippen LogP contribution in [0.2, 0.25) is 13.1 Å². The Bertz CT molecular complexity index is 2850. The zero-order chi connectivity index (χ0) is 35.5. The maximum absolute atomic E-state index is 5.25. The van der Waals surface area contributed by atoms with Crippen molar-refractivity contribution in [3.63, 3.8) is 0 Å². The molecule has 9 aromatic rings. The lowest BCUT2D eigenvalue weighted by atomic mass is 9.97. The lowest BCUT2D eigenvalue weighted by Gasteiger charge is -2.21. The summed E-state index contributed by atoms with van der Waals surface area (Å²) in [6.45, 7) is 4.96. The molecule has 1 aliphatic heterocycles. The Morgan fingerprint density at radius 2 is 0.868 bits per heavy atom. The highest BCUT2D eigenvalue weighted by Gasteiger charge is 2.39. The molecule has 3 nitrogen and oxygen atoms in total. The molecule has 4 heteroatoms. The SMILES string of the molecule is C[Si]1(C)c2cc(-c3nc(-c4ccc(-c5cccc6ccccc56)cc4)nc(-c4ccccc4-c4ccccc4)n3)ccc2-c2ccc3ccccc3c21. The van der Waals surface area contributed by atoms with Gasteiger partial charge in [0.25, 0.3) is 0 Å². The first kappa shape index (κ1) is 31.3. The highest BCUT2D eigenvalue weighted by molar-refractivity contribution is 7.05. The van der Waals surface area contributed by atoms with Crippen molar-refractivity contribution < 1.29 is 0 Å². The van der Waals surface area contributed by atoms with E-state index in [1.807, 2.05) is 6.07 Å². The number of hydrogen-bond donors (Lipinski definition) is 0. The Morgan fingerprint density at radius 3 is 1.66 bits per heavy atom. The van der Waals surface area contributed by atoms with Crippen LogP contribution in [0.3, 0.4) is 0 Å². The molecule has 2 heterocycles. The smallest absolute Gasteiger partial charge is 0.164 e. The van der Waals surface area contributed by atoms with Crippen molar-refractivity contribution in [1.29, 1.82) is 0 Å². The number of benzene rings is 8. The third-order valence-corrected chi connectivity index (χ3v) is 14.5. The first-order valence-electron chi connectivity index (χ1n) is 18.2. The zero-order valence-electron chi connectivity index (χ0n) is 29.6. The van der Waals surface area contributed by atoms with Gasteiger partial charge in [0.05, 0.1) is 0 Å². The van der Waals surface area contributed by atoms with Crippen molar-refractivity contribution in [2.24, 2.45) is 0 Å². The Kier molecular flexibility index (Phi) is 7.27. The number of nitrogens with zero attached hydrogens (tertiary/aromatic N) is 3. The summed E-state index contributed by atoms with van der Waals surface area (Å²) in [7, 11) is -2.05. The Morgan fingerprint density at radius 1 is 0.340 bits per heavy atom. The van der Waals surface area contributed by atoms with Gasteiger partial charge in [-0.3, -0.25) is 0 Å². The van der Waals surface area contributed by atoms with E-state index in [2.05, 4.69) is 183 Å². The van der Waals surface area contributed by atoms with E-state index in [1.165, 1.54) is 48.6 Å². The van der Waals surface area contributed by atoms with Gasteiger partial charge >= 0.3 is 0 Å². The van der Waals surface area contributed by atoms with E-state index >= 15 is 0 Å². The minimum Gasteiger partial charge on any atom is -0.208 e. The normalized spacial score (nSPS) is 12.9. The molecule has 10 rings (SSSR count). The van der Waals surface area contributed by atoms with Gasteiger partial charge in [-0.25, -0.2) is 15.0 Å². The fraction of sp³-hybridized carbons (Fsp3) is 0.0408. The summed E-state index contributed by atoms with van der Waals surface area (Å²) in [5.74, 6) is 2.00. The highest BCUT2D eigenvalue weighted by Crippen LogP contribution is 2.36. The van der Waals surface area contributed by atoms with Crippen LogP contribution in [0.15, 0.2) is 176 Å². The van der Waals surface area contributed by atoms with E-state index in [-0.39, 0.29) is 0 Å². The molecule has 0 saturated heterocycles. The van der Waals surface area contributed by atoms with Crippen molar-refractivity contribution in [3.8, 4) is 67.5 Å². The molecule has 0 amide bonds. The van der Waals surface area contributed by atoms with E-state index < -0.39 is 8.07 Å². The molecule has 0 bridgehead atoms. The van der Waals surface area contributed by atoms with Crippen LogP contribution in [0.5, 0.6) is 0 Å². The minimum atomic E-state index is -2.05. The predicted octanol–water partition coefficient (Wildman–Crippen LogP) is 11.3. The number of fused-ring (bicyclic) bond motifs is 6. The van der Waals surface area contributed by atoms with Crippen molar-refractivity contribution in [1.82, 2.24) is 15.0 Å². The number of rotatable bonds is 5. The molecule has 0 aliphatic carbocycles. The third-order valence-electron chi connectivity index (χ3n) is 10.9. The average molecular weight is 694 g/mol. The van der Waals surface area contributed by atoms with Gasteiger partial charge in [-0.05, 0) is 65.3 Å². The third kappa shape index (κ3) is 5.22. The van der Waals surface area contributed by atoms with Crippen LogP contribution in [0, 0.1) is 0 Å². The molecule has 0 spiro atoms. The fourth-order valence-corrected chi connectivity index (χ4v) is 11.8. The van der Waals surface area contributed by atoms with Gasteiger partial charge in [-0.15, -0.1) is 0 Å². The summed E-state index contributed by atoms with van der Waals surface area (Å²) in [6, 6.07) is 62.8. The molecule has 0 unspecified atom stereocenters. The van der Waals surface area contributed by atoms with Gasteiger partial charge in [-0.2, -0.15) is 0 Å². The first-order chi connectivity index (χ1) is 26.0. The molecule has 1 aliphatic rings. The van der Waals surface area contributed by atoms with E-state index in [0.717, 1.165) is 33.4 Å². The van der Waals surface area contributed by atoms with Crippen molar-refractivity contribution >= 4 is 40.0 Å². The molecule has 53 heavy (non-hydrogen) atoms. The second kappa shape index (κ2) is 12.3. The van der Waals surface area contributed by atoms with E-state index in [4.69, 9.17) is 15.0 Å². The monoisotopic (exact) mass is 693 g/mol. The quantitative estimate of drug-likeness (QED) is 0.168. The van der Waals surface area contributed by atoms with Crippen molar-refractivity contribution in [3.05, 3.63) is 176 Å². The zero-order valence-corrected chi connectivity index (χ0v) is 30.6. The summed E-state index contributed by atoms with van der Waals surface area (Å²) >= 11 is 0. The van der Waals surface area contributed by atoms with Crippen LogP contribution >= 0.6 is 0 Å². The van der Waals surface area contributed by atoms with Crippen molar-refractivity contribution in [2.75, 3.05) is 0 Å². The molecule has 0 fully saturated rings. The number of hydrogen-bond acceptors (Lipinski definition) is 3. The summed E-state index contributed by atoms with van der Waals surface area (Å²) in [5, 5.41) is 8.08. The molecule has 8 aromatic carbocycles. The van der Waals surface area contributed by atoms with Crippen LogP contribution in [-0.4, -0.2) is 23.0 Å². The van der Waals surface area contributed by atoms with E-state index in [0.29, 0.717) is 17.5 Å². The Hall–Kier alpha value is -6.49. The molecule has 0 N–H and O–H groups in total. The Balaban J connectivity index is 1.13. The summed E-state index contributed by atoms with van der Waals surface area (Å²) in [6.07, 6.45) is 0. The molecule has 250 valence electrons. The molecule has 0 saturated carbocycles. The average Bonchev–Trinajstić information content (AvgIpc) is 3.46. The van der Waals surface area contributed by atoms with Crippen LogP contribution in [0.25, 0.3) is 89.1 Å². The highest BCUT2D eigenvalue weighted by atomic mass is 28.3. The standard InChI is InChI=1S/C49H35N3Si/c1-53(2)45-31-37(28-29-42(45)43-30-27-34-16-7-9-20-41(34)46(43)53)48-50-47(51-49(52-48)44-21-11-10-19-40(44)32-13-4-3-5-14-32)36-25-23-35(24-26-36)39-22-12-17-33-15-6-8-18-38(33)39/h3-31H,1-2H3. The van der Waals surface area contributed by atoms with Crippen LogP contribution in [0.1, 0.15) is 0 Å².